The van der Waals surface area contributed by atoms with Crippen LogP contribution in [0, 0.1) is 5.92 Å². The van der Waals surface area contributed by atoms with E-state index in [-0.39, 0.29) is 22.3 Å². The highest BCUT2D eigenvalue weighted by molar-refractivity contribution is 9.12. The molecule has 7 heteroatoms. The van der Waals surface area contributed by atoms with Crippen molar-refractivity contribution in [2.75, 3.05) is 5.33 Å². The number of halogens is 2. The molecule has 0 heterocycles. The lowest BCUT2D eigenvalue weighted by Gasteiger charge is -2.48. The topological polar surface area (TPSA) is 18.5 Å². The van der Waals surface area contributed by atoms with E-state index in [0.717, 1.165) is 18.2 Å². The molecule has 0 aromatic rings. The van der Waals surface area contributed by atoms with Gasteiger partial charge in [0.15, 0.2) is 16.6 Å². The van der Waals surface area contributed by atoms with Crippen molar-refractivity contribution in [1.29, 1.82) is 0 Å². The first-order valence-electron chi connectivity index (χ1n) is 11.4. The zero-order valence-electron chi connectivity index (χ0n) is 21.9. The molecule has 1 rings (SSSR count). The van der Waals surface area contributed by atoms with Crippen molar-refractivity contribution in [2.24, 2.45) is 5.92 Å². The monoisotopic (exact) mass is 598 g/mol. The molecule has 1 aliphatic rings. The molecule has 0 unspecified atom stereocenters. The lowest BCUT2D eigenvalue weighted by molar-refractivity contribution is 0.0470. The quantitative estimate of drug-likeness (QED) is 0.224. The van der Waals surface area contributed by atoms with Gasteiger partial charge in [0.25, 0.3) is 0 Å². The average Bonchev–Trinajstić information content (AvgIpc) is 2.49. The van der Waals surface area contributed by atoms with Crippen LogP contribution in [-0.2, 0) is 8.85 Å². The highest BCUT2D eigenvalue weighted by atomic mass is 79.9. The van der Waals surface area contributed by atoms with Gasteiger partial charge < -0.3 is 8.85 Å². The van der Waals surface area contributed by atoms with Gasteiger partial charge in [0.1, 0.15) is 0 Å². The average molecular weight is 601 g/mol. The van der Waals surface area contributed by atoms with E-state index < -0.39 is 24.7 Å². The summed E-state index contributed by atoms with van der Waals surface area (Å²) in [6.07, 6.45) is 2.50. The maximum absolute atomic E-state index is 7.07. The molecule has 0 saturated heterocycles. The predicted octanol–water partition coefficient (Wildman–Crippen LogP) is 9.10. The lowest BCUT2D eigenvalue weighted by Crippen LogP contribution is -2.52. The summed E-state index contributed by atoms with van der Waals surface area (Å²) < 4.78 is 15.5. The molecular weight excluding hydrogens is 552 g/mol. The fraction of sp³-hybridized carbons (Fsp3) is 0.913. The molecule has 3 atom stereocenters. The molecular formula is C23H48Br2O2Si3. The van der Waals surface area contributed by atoms with Crippen LogP contribution < -0.4 is 0 Å². The van der Waals surface area contributed by atoms with Crippen molar-refractivity contribution in [1.82, 2.24) is 0 Å². The number of rotatable bonds is 6. The predicted molar refractivity (Wildman–Crippen MR) is 150 cm³/mol. The van der Waals surface area contributed by atoms with Crippen LogP contribution in [-0.4, -0.2) is 42.2 Å². The molecule has 0 spiro atoms. The molecule has 2 nitrogen and oxygen atoms in total. The number of hydrogen-bond acceptors (Lipinski definition) is 2. The van der Waals surface area contributed by atoms with Gasteiger partial charge in [-0.15, -0.1) is 0 Å². The molecule has 178 valence electrons. The Morgan fingerprint density at radius 1 is 0.867 bits per heavy atom. The van der Waals surface area contributed by atoms with E-state index in [1.54, 1.807) is 5.57 Å². The first-order valence-corrected chi connectivity index (χ1v) is 22.7. The minimum absolute atomic E-state index is 0.205. The van der Waals surface area contributed by atoms with Crippen LogP contribution in [0.2, 0.25) is 55.9 Å². The second kappa shape index (κ2) is 9.87. The summed E-state index contributed by atoms with van der Waals surface area (Å²) in [5.41, 5.74) is 1.55. The third kappa shape index (κ3) is 7.13. The summed E-state index contributed by atoms with van der Waals surface area (Å²) in [5, 5.41) is 1.37. The molecule has 0 bridgehead atoms. The SMILES string of the molecule is CC(C)(C)[Si](C)(C)O[C@H]1C/C(=C(/Br)[Si](C)(C)C)[C@@H](CBr)[C@H](O[Si](C)(C)C(C)(C)C)C1. The summed E-state index contributed by atoms with van der Waals surface area (Å²) in [6, 6.07) is 0. The highest BCUT2D eigenvalue weighted by Gasteiger charge is 2.47. The normalized spacial score (nSPS) is 26.7. The minimum atomic E-state index is -1.88. The fourth-order valence-corrected chi connectivity index (χ4v) is 8.67. The molecule has 30 heavy (non-hydrogen) atoms. The van der Waals surface area contributed by atoms with Crippen LogP contribution in [0.3, 0.4) is 0 Å². The van der Waals surface area contributed by atoms with Gasteiger partial charge in [-0.3, -0.25) is 0 Å². The Morgan fingerprint density at radius 2 is 1.30 bits per heavy atom. The summed E-state index contributed by atoms with van der Waals surface area (Å²) >= 11 is 7.93. The maximum Gasteiger partial charge on any atom is 0.192 e. The first kappa shape index (κ1) is 29.3. The van der Waals surface area contributed by atoms with E-state index >= 15 is 0 Å². The van der Waals surface area contributed by atoms with Gasteiger partial charge in [-0.25, -0.2) is 0 Å². The molecule has 0 amide bonds. The minimum Gasteiger partial charge on any atom is -0.414 e. The molecule has 1 aliphatic carbocycles. The van der Waals surface area contributed by atoms with Crippen molar-refractivity contribution in [3.8, 4) is 0 Å². The van der Waals surface area contributed by atoms with Gasteiger partial charge >= 0.3 is 0 Å². The number of hydrogen-bond donors (Lipinski definition) is 0. The van der Waals surface area contributed by atoms with Gasteiger partial charge in [-0.1, -0.05) is 98.6 Å². The van der Waals surface area contributed by atoms with E-state index in [0.29, 0.717) is 5.92 Å². The standard InChI is InChI=1S/C23H48Br2O2Si3/c1-22(2,3)29(10,11)26-17-14-18(21(25)28(7,8)9)19(16-24)20(15-17)27-30(12,13)23(4,5)6/h17,19-20H,14-16H2,1-13H3/b21-18+/t17-,19+,20+/m0/s1. The number of alkyl halides is 1. The fourth-order valence-electron chi connectivity index (χ4n) is 3.42. The van der Waals surface area contributed by atoms with Gasteiger partial charge in [0, 0.05) is 11.2 Å². The van der Waals surface area contributed by atoms with Crippen molar-refractivity contribution >= 4 is 56.6 Å². The Hall–Kier alpha value is 1.27. The lowest BCUT2D eigenvalue weighted by atomic mass is 9.82. The van der Waals surface area contributed by atoms with Gasteiger partial charge in [0.2, 0.25) is 0 Å². The molecule has 0 aliphatic heterocycles. The smallest absolute Gasteiger partial charge is 0.192 e. The molecule has 0 radical (unpaired) electrons. The van der Waals surface area contributed by atoms with Crippen LogP contribution in [0.5, 0.6) is 0 Å². The summed E-state index contributed by atoms with van der Waals surface area (Å²) in [5.74, 6) is 0.416. The van der Waals surface area contributed by atoms with E-state index in [1.165, 1.54) is 4.11 Å². The van der Waals surface area contributed by atoms with E-state index in [9.17, 15) is 0 Å². The second-order valence-electron chi connectivity index (χ2n) is 13.2. The summed E-state index contributed by atoms with van der Waals surface area (Å²) in [7, 11) is -5.19. The van der Waals surface area contributed by atoms with Crippen LogP contribution in [0.4, 0.5) is 0 Å². The Labute approximate surface area is 207 Å². The Kier molecular flexibility index (Phi) is 9.64. The van der Waals surface area contributed by atoms with Crippen molar-refractivity contribution in [2.45, 2.75) is 122 Å². The third-order valence-corrected chi connectivity index (χ3v) is 22.9. The third-order valence-electron chi connectivity index (χ3n) is 7.47. The van der Waals surface area contributed by atoms with Gasteiger partial charge in [0.05, 0.1) is 20.3 Å². The molecule has 0 aromatic carbocycles. The van der Waals surface area contributed by atoms with E-state index in [2.05, 4.69) is 119 Å². The van der Waals surface area contributed by atoms with E-state index in [1.807, 2.05) is 0 Å². The molecule has 0 N–H and O–H groups in total. The zero-order chi connectivity index (χ0) is 23.9. The van der Waals surface area contributed by atoms with Crippen LogP contribution >= 0.6 is 31.9 Å². The van der Waals surface area contributed by atoms with Crippen LogP contribution in [0.1, 0.15) is 54.4 Å². The van der Waals surface area contributed by atoms with Crippen LogP contribution in [0.25, 0.3) is 0 Å². The van der Waals surface area contributed by atoms with E-state index in [4.69, 9.17) is 8.85 Å². The molecule has 1 fully saturated rings. The zero-order valence-corrected chi connectivity index (χ0v) is 28.1. The summed E-state index contributed by atoms with van der Waals surface area (Å²) in [4.78, 5) is 0. The van der Waals surface area contributed by atoms with Crippen molar-refractivity contribution in [3.05, 3.63) is 9.68 Å². The largest absolute Gasteiger partial charge is 0.414 e. The Morgan fingerprint density at radius 3 is 1.67 bits per heavy atom. The Bertz CT molecular complexity index is 626. The second-order valence-corrected chi connectivity index (χ2v) is 29.9. The highest BCUT2D eigenvalue weighted by Crippen LogP contribution is 2.46. The van der Waals surface area contributed by atoms with Gasteiger partial charge in [-0.05, 0) is 53.2 Å². The van der Waals surface area contributed by atoms with Crippen molar-refractivity contribution < 1.29 is 8.85 Å². The maximum atomic E-state index is 7.07. The van der Waals surface area contributed by atoms with Gasteiger partial charge in [-0.2, -0.15) is 0 Å². The first-order chi connectivity index (χ1) is 13.1. The Balaban J connectivity index is 3.41. The molecule has 0 aromatic heterocycles. The summed E-state index contributed by atoms with van der Waals surface area (Å²) in [6.45, 7) is 30.8. The van der Waals surface area contributed by atoms with Crippen LogP contribution in [0.15, 0.2) is 9.68 Å². The molecule has 1 saturated carbocycles. The van der Waals surface area contributed by atoms with Crippen molar-refractivity contribution in [3.63, 3.8) is 0 Å².